The lowest BCUT2D eigenvalue weighted by atomic mass is 9.89. The molecular weight excluding hydrogens is 566 g/mol. The first-order valence-corrected chi connectivity index (χ1v) is 15.5. The van der Waals surface area contributed by atoms with Gasteiger partial charge in [0.25, 0.3) is 11.1 Å². The third-order valence-corrected chi connectivity index (χ3v) is 10.3. The normalized spacial score (nSPS) is 12.4. The maximum Gasteiger partial charge on any atom is 0.266 e. The number of aromatic nitrogens is 3. The molecule has 0 aliphatic rings. The first kappa shape index (κ1) is 25.4. The van der Waals surface area contributed by atoms with E-state index in [9.17, 15) is 9.59 Å². The van der Waals surface area contributed by atoms with Gasteiger partial charge in [0, 0.05) is 24.8 Å². The van der Waals surface area contributed by atoms with Gasteiger partial charge in [0.2, 0.25) is 0 Å². The smallest absolute Gasteiger partial charge is 0.266 e. The fourth-order valence-corrected chi connectivity index (χ4v) is 8.13. The molecule has 0 radical (unpaired) electrons. The molecule has 5 heteroatoms. The molecular formula is C41H25N3O2. The summed E-state index contributed by atoms with van der Waals surface area (Å²) in [5, 5.41) is 11.6. The Bertz CT molecular complexity index is 2800. The van der Waals surface area contributed by atoms with Gasteiger partial charge in [-0.3, -0.25) is 19.6 Å². The zero-order valence-corrected chi connectivity index (χ0v) is 25.4. The summed E-state index contributed by atoms with van der Waals surface area (Å²) in [4.78, 5) is 38.1. The van der Waals surface area contributed by atoms with Crippen LogP contribution in [0.2, 0.25) is 0 Å². The second kappa shape index (κ2) is 8.61. The van der Waals surface area contributed by atoms with Crippen molar-refractivity contribution in [2.45, 2.75) is 20.8 Å². The summed E-state index contributed by atoms with van der Waals surface area (Å²) >= 11 is 0. The van der Waals surface area contributed by atoms with Crippen LogP contribution < -0.4 is 11.1 Å². The van der Waals surface area contributed by atoms with Crippen LogP contribution in [0.4, 0.5) is 0 Å². The van der Waals surface area contributed by atoms with E-state index in [4.69, 9.17) is 0 Å². The minimum Gasteiger partial charge on any atom is -0.268 e. The highest BCUT2D eigenvalue weighted by atomic mass is 16.2. The van der Waals surface area contributed by atoms with Crippen molar-refractivity contribution in [3.05, 3.63) is 135 Å². The third-order valence-electron chi connectivity index (χ3n) is 10.3. The quantitative estimate of drug-likeness (QED) is 0.193. The Morgan fingerprint density at radius 3 is 1.41 bits per heavy atom. The Morgan fingerprint density at radius 2 is 0.913 bits per heavy atom. The van der Waals surface area contributed by atoms with Crippen molar-refractivity contribution < 1.29 is 0 Å². The number of hydrogen-bond acceptors (Lipinski definition) is 4. The Labute approximate surface area is 262 Å². The van der Waals surface area contributed by atoms with Crippen molar-refractivity contribution in [2.24, 2.45) is 0 Å². The molecule has 0 amide bonds. The molecule has 3 heterocycles. The number of aryl methyl sites for hydroxylation is 3. The number of hydrogen-bond donors (Lipinski definition) is 0. The van der Waals surface area contributed by atoms with E-state index in [1.165, 1.54) is 9.95 Å². The van der Waals surface area contributed by atoms with Crippen LogP contribution in [-0.4, -0.2) is 14.5 Å². The Kier molecular flexibility index (Phi) is 4.75. The minimum atomic E-state index is -0.276. The van der Waals surface area contributed by atoms with Crippen molar-refractivity contribution in [3.63, 3.8) is 0 Å². The van der Waals surface area contributed by atoms with Crippen molar-refractivity contribution in [2.75, 3.05) is 0 Å². The molecule has 0 spiro atoms. The number of fused-ring (bicyclic) bond motifs is 3. The second-order valence-electron chi connectivity index (χ2n) is 12.7. The van der Waals surface area contributed by atoms with E-state index in [1.807, 2.05) is 44.2 Å². The van der Waals surface area contributed by atoms with Gasteiger partial charge in [0.1, 0.15) is 0 Å². The molecule has 0 unspecified atom stereocenters. The van der Waals surface area contributed by atoms with Crippen molar-refractivity contribution >= 4 is 64.6 Å². The summed E-state index contributed by atoms with van der Waals surface area (Å²) < 4.78 is 1.41. The van der Waals surface area contributed by atoms with E-state index < -0.39 is 0 Å². The standard InChI is InChI=1S/C41H25N3O2/c1-20-16-22(3)32(17-21(20)2)44-40(45)38-30-18-28(23-8-12-42-13-9-23)26-6-4-25-5-7-27-29(24-10-14-43-15-11-24)19-31(39(38)41(44)46)37-35(27)33(25)34(26)36(30)37/h4-19H,1-3H3. The SMILES string of the molecule is Cc1cc(C)c(-n2c(=O)c3c4cc(-c5ccncc5)c5ccc6ccc7c(-c8ccncc8)cc(c3c2=O)c2c7c6c5c42)cc1C. The topological polar surface area (TPSA) is 64.8 Å². The molecule has 0 saturated carbocycles. The number of nitrogens with zero attached hydrogens (tertiary/aromatic N) is 3. The molecule has 5 nitrogen and oxygen atoms in total. The van der Waals surface area contributed by atoms with Gasteiger partial charge in [-0.05, 0) is 156 Å². The van der Waals surface area contributed by atoms with Gasteiger partial charge >= 0.3 is 0 Å². The largest absolute Gasteiger partial charge is 0.268 e. The molecule has 0 saturated heterocycles. The molecule has 0 bridgehead atoms. The average Bonchev–Trinajstić information content (AvgIpc) is 3.58. The Morgan fingerprint density at radius 1 is 0.457 bits per heavy atom. The summed E-state index contributed by atoms with van der Waals surface area (Å²) in [5.41, 5.74) is 7.23. The lowest BCUT2D eigenvalue weighted by Gasteiger charge is -2.12. The monoisotopic (exact) mass is 591 g/mol. The van der Waals surface area contributed by atoms with Gasteiger partial charge in [0.15, 0.2) is 0 Å². The number of rotatable bonds is 3. The summed E-state index contributed by atoms with van der Waals surface area (Å²) in [6, 6.07) is 25.1. The van der Waals surface area contributed by atoms with E-state index in [-0.39, 0.29) is 11.1 Å². The summed E-state index contributed by atoms with van der Waals surface area (Å²) in [6.45, 7) is 6.04. The van der Waals surface area contributed by atoms with Crippen LogP contribution in [0.15, 0.2) is 107 Å². The third kappa shape index (κ3) is 3.00. The number of pyridine rings is 2. The van der Waals surface area contributed by atoms with Gasteiger partial charge in [-0.1, -0.05) is 30.3 Å². The molecule has 46 heavy (non-hydrogen) atoms. The van der Waals surface area contributed by atoms with Crippen LogP contribution in [0.5, 0.6) is 0 Å². The highest BCUT2D eigenvalue weighted by molar-refractivity contribution is 6.50. The maximum atomic E-state index is 14.8. The Balaban J connectivity index is 1.53. The van der Waals surface area contributed by atoms with Crippen LogP contribution >= 0.6 is 0 Å². The molecule has 10 aromatic rings. The van der Waals surface area contributed by atoms with Gasteiger partial charge in [0.05, 0.1) is 16.5 Å². The first-order chi connectivity index (χ1) is 22.4. The predicted molar refractivity (Wildman–Crippen MR) is 189 cm³/mol. The average molecular weight is 592 g/mol. The zero-order chi connectivity index (χ0) is 31.0. The predicted octanol–water partition coefficient (Wildman–Crippen LogP) is 8.92. The molecule has 3 aromatic heterocycles. The molecule has 0 aliphatic heterocycles. The molecule has 10 rings (SSSR count). The lowest BCUT2D eigenvalue weighted by Crippen LogP contribution is -2.24. The highest BCUT2D eigenvalue weighted by Crippen LogP contribution is 2.53. The minimum absolute atomic E-state index is 0.276. The van der Waals surface area contributed by atoms with Crippen LogP contribution in [0.3, 0.4) is 0 Å². The molecule has 7 aromatic carbocycles. The second-order valence-corrected chi connectivity index (χ2v) is 12.7. The van der Waals surface area contributed by atoms with E-state index >= 15 is 0 Å². The summed E-state index contributed by atoms with van der Waals surface area (Å²) in [7, 11) is 0. The van der Waals surface area contributed by atoms with E-state index in [0.29, 0.717) is 16.5 Å². The van der Waals surface area contributed by atoms with E-state index in [2.05, 4.69) is 59.4 Å². The summed E-state index contributed by atoms with van der Waals surface area (Å²) in [6.07, 6.45) is 7.19. The van der Waals surface area contributed by atoms with Gasteiger partial charge in [-0.2, -0.15) is 0 Å². The van der Waals surface area contributed by atoms with Crippen molar-refractivity contribution in [1.29, 1.82) is 0 Å². The number of benzene rings is 6. The molecule has 0 N–H and O–H groups in total. The fraction of sp³-hybridized carbons (Fsp3) is 0.0732. The van der Waals surface area contributed by atoms with Crippen LogP contribution in [0.25, 0.3) is 92.6 Å². The van der Waals surface area contributed by atoms with E-state index in [1.54, 1.807) is 24.8 Å². The fourth-order valence-electron chi connectivity index (χ4n) is 8.13. The summed E-state index contributed by atoms with van der Waals surface area (Å²) in [5.74, 6) is 0. The van der Waals surface area contributed by atoms with Gasteiger partial charge in [-0.15, -0.1) is 0 Å². The molecule has 0 aliphatic carbocycles. The molecule has 216 valence electrons. The first-order valence-electron chi connectivity index (χ1n) is 15.5. The maximum absolute atomic E-state index is 14.8. The van der Waals surface area contributed by atoms with Gasteiger partial charge < -0.3 is 0 Å². The van der Waals surface area contributed by atoms with Crippen LogP contribution in [-0.2, 0) is 0 Å². The van der Waals surface area contributed by atoms with Crippen LogP contribution in [0.1, 0.15) is 16.7 Å². The molecule has 0 atom stereocenters. The zero-order valence-electron chi connectivity index (χ0n) is 25.4. The molecule has 0 fully saturated rings. The van der Waals surface area contributed by atoms with Crippen LogP contribution in [0, 0.1) is 20.8 Å². The van der Waals surface area contributed by atoms with Gasteiger partial charge in [-0.25, -0.2) is 4.57 Å². The highest BCUT2D eigenvalue weighted by Gasteiger charge is 2.29. The van der Waals surface area contributed by atoms with E-state index in [0.717, 1.165) is 87.4 Å². The Hall–Kier alpha value is -5.94. The van der Waals surface area contributed by atoms with Crippen molar-refractivity contribution in [3.8, 4) is 27.9 Å². The van der Waals surface area contributed by atoms with Crippen molar-refractivity contribution in [1.82, 2.24) is 14.5 Å². The lowest BCUT2D eigenvalue weighted by molar-refractivity contribution is 0.973.